The molecule has 1 rings (SSSR count). The largest absolute Gasteiger partial charge is 0.493 e. The van der Waals surface area contributed by atoms with E-state index in [1.807, 2.05) is 6.92 Å². The first-order valence-corrected chi connectivity index (χ1v) is 6.20. The summed E-state index contributed by atoms with van der Waals surface area (Å²) >= 11 is 3.30. The molecule has 0 bridgehead atoms. The third kappa shape index (κ3) is 3.63. The number of methoxy groups -OCH3 is 2. The number of carbonyl (C=O) groups excluding carboxylic acids is 1. The molecule has 0 saturated carbocycles. The number of hydrogen-bond donors (Lipinski definition) is 1. The fourth-order valence-electron chi connectivity index (χ4n) is 1.32. The maximum Gasteiger partial charge on any atom is 0.238 e. The number of ether oxygens (including phenoxy) is 2. The molecule has 0 aromatic heterocycles. The molecule has 4 nitrogen and oxygen atoms in total. The van der Waals surface area contributed by atoms with Gasteiger partial charge in [-0.1, -0.05) is 22.9 Å². The lowest BCUT2D eigenvalue weighted by atomic mass is 10.2. The molecule has 0 aliphatic carbocycles. The van der Waals surface area contributed by atoms with Crippen molar-refractivity contribution < 1.29 is 14.3 Å². The van der Waals surface area contributed by atoms with Crippen molar-refractivity contribution in [3.05, 3.63) is 18.2 Å². The van der Waals surface area contributed by atoms with Crippen molar-refractivity contribution in [1.29, 1.82) is 0 Å². The molecule has 1 aromatic rings. The minimum atomic E-state index is -0.185. The Labute approximate surface area is 109 Å². The van der Waals surface area contributed by atoms with Gasteiger partial charge in [-0.05, 0) is 18.6 Å². The number of hydrogen-bond acceptors (Lipinski definition) is 3. The van der Waals surface area contributed by atoms with E-state index in [4.69, 9.17) is 9.47 Å². The third-order valence-corrected chi connectivity index (χ3v) is 3.36. The van der Waals surface area contributed by atoms with Crippen LogP contribution in [-0.4, -0.2) is 25.0 Å². The molecule has 1 amide bonds. The predicted molar refractivity (Wildman–Crippen MR) is 71.2 cm³/mol. The van der Waals surface area contributed by atoms with Crippen LogP contribution in [0.2, 0.25) is 0 Å². The van der Waals surface area contributed by atoms with E-state index in [1.165, 1.54) is 0 Å². The number of alkyl halides is 1. The fourth-order valence-corrected chi connectivity index (χ4v) is 1.43. The monoisotopic (exact) mass is 301 g/mol. The van der Waals surface area contributed by atoms with Crippen molar-refractivity contribution >= 4 is 27.5 Å². The predicted octanol–water partition coefficient (Wildman–Crippen LogP) is 2.82. The van der Waals surface area contributed by atoms with Gasteiger partial charge in [0.2, 0.25) is 5.91 Å². The van der Waals surface area contributed by atoms with Gasteiger partial charge in [-0.15, -0.1) is 0 Å². The van der Waals surface area contributed by atoms with Crippen molar-refractivity contribution in [2.24, 2.45) is 0 Å². The van der Waals surface area contributed by atoms with Gasteiger partial charge in [0.25, 0.3) is 0 Å². The Hall–Kier alpha value is -1.23. The van der Waals surface area contributed by atoms with Gasteiger partial charge >= 0.3 is 0 Å². The van der Waals surface area contributed by atoms with Crippen molar-refractivity contribution in [3.8, 4) is 11.5 Å². The highest BCUT2D eigenvalue weighted by molar-refractivity contribution is 9.10. The van der Waals surface area contributed by atoms with E-state index < -0.39 is 0 Å². The summed E-state index contributed by atoms with van der Waals surface area (Å²) in [6, 6.07) is 5.25. The molecule has 0 spiro atoms. The molecule has 5 heteroatoms. The second-order valence-corrected chi connectivity index (χ2v) is 4.54. The van der Waals surface area contributed by atoms with Gasteiger partial charge < -0.3 is 14.8 Å². The Kier molecular flexibility index (Phi) is 5.28. The summed E-state index contributed by atoms with van der Waals surface area (Å²) in [5, 5.41) is 2.80. The molecule has 94 valence electrons. The second kappa shape index (κ2) is 6.49. The Balaban J connectivity index is 2.82. The molecule has 1 N–H and O–H groups in total. The molecule has 0 fully saturated rings. The van der Waals surface area contributed by atoms with E-state index in [0.29, 0.717) is 17.2 Å². The van der Waals surface area contributed by atoms with Crippen LogP contribution in [0, 0.1) is 0 Å². The van der Waals surface area contributed by atoms with Crippen LogP contribution in [0.1, 0.15) is 13.3 Å². The van der Waals surface area contributed by atoms with Gasteiger partial charge in [-0.3, -0.25) is 4.79 Å². The van der Waals surface area contributed by atoms with Crippen molar-refractivity contribution in [2.45, 2.75) is 18.2 Å². The summed E-state index contributed by atoms with van der Waals surface area (Å²) in [7, 11) is 3.13. The number of rotatable bonds is 5. The molecule has 0 heterocycles. The Morgan fingerprint density at radius 1 is 1.35 bits per heavy atom. The summed E-state index contributed by atoms with van der Waals surface area (Å²) < 4.78 is 10.3. The lowest BCUT2D eigenvalue weighted by Gasteiger charge is -2.12. The van der Waals surface area contributed by atoms with Gasteiger partial charge in [0, 0.05) is 11.8 Å². The zero-order valence-corrected chi connectivity index (χ0v) is 11.7. The summed E-state index contributed by atoms with van der Waals surface area (Å²) in [5.41, 5.74) is 0.686. The molecule has 0 aliphatic heterocycles. The second-order valence-electron chi connectivity index (χ2n) is 3.43. The van der Waals surface area contributed by atoms with Crippen LogP contribution >= 0.6 is 15.9 Å². The highest BCUT2D eigenvalue weighted by Gasteiger charge is 2.13. The molecule has 1 aromatic carbocycles. The first kappa shape index (κ1) is 13.8. The Morgan fingerprint density at radius 2 is 2.00 bits per heavy atom. The SMILES string of the molecule is CC[C@H](Br)C(=O)Nc1ccc(OC)c(OC)c1. The van der Waals surface area contributed by atoms with Crippen molar-refractivity contribution in [1.82, 2.24) is 0 Å². The molecule has 0 radical (unpaired) electrons. The number of anilines is 1. The lowest BCUT2D eigenvalue weighted by Crippen LogP contribution is -2.21. The van der Waals surface area contributed by atoms with Crippen LogP contribution < -0.4 is 14.8 Å². The molecule has 0 aliphatic rings. The van der Waals surface area contributed by atoms with Crippen LogP contribution in [0.25, 0.3) is 0 Å². The molecule has 1 atom stereocenters. The van der Waals surface area contributed by atoms with Crippen LogP contribution in [0.4, 0.5) is 5.69 Å². The first-order valence-electron chi connectivity index (χ1n) is 5.29. The Bertz CT molecular complexity index is 395. The van der Waals surface area contributed by atoms with Gasteiger partial charge in [-0.25, -0.2) is 0 Å². The van der Waals surface area contributed by atoms with Gasteiger partial charge in [0.15, 0.2) is 11.5 Å². The highest BCUT2D eigenvalue weighted by Crippen LogP contribution is 2.29. The van der Waals surface area contributed by atoms with Crippen LogP contribution in [0.15, 0.2) is 18.2 Å². The average Bonchev–Trinajstić information content (AvgIpc) is 2.37. The van der Waals surface area contributed by atoms with E-state index in [2.05, 4.69) is 21.2 Å². The molecule has 17 heavy (non-hydrogen) atoms. The number of amides is 1. The Morgan fingerprint density at radius 3 is 2.53 bits per heavy atom. The normalized spacial score (nSPS) is 11.8. The number of carbonyl (C=O) groups is 1. The smallest absolute Gasteiger partial charge is 0.238 e. The van der Waals surface area contributed by atoms with E-state index in [-0.39, 0.29) is 10.7 Å². The summed E-state index contributed by atoms with van der Waals surface area (Å²) in [5.74, 6) is 1.16. The van der Waals surface area contributed by atoms with E-state index >= 15 is 0 Å². The van der Waals surface area contributed by atoms with Gasteiger partial charge in [0.05, 0.1) is 19.0 Å². The van der Waals surface area contributed by atoms with Gasteiger partial charge in [0.1, 0.15) is 0 Å². The third-order valence-electron chi connectivity index (χ3n) is 2.29. The quantitative estimate of drug-likeness (QED) is 0.851. The maximum atomic E-state index is 11.7. The minimum absolute atomic E-state index is 0.0697. The van der Waals surface area contributed by atoms with E-state index in [9.17, 15) is 4.79 Å². The maximum absolute atomic E-state index is 11.7. The highest BCUT2D eigenvalue weighted by atomic mass is 79.9. The summed E-state index contributed by atoms with van der Waals surface area (Å²) in [4.78, 5) is 11.5. The molecular formula is C12H16BrNO3. The zero-order chi connectivity index (χ0) is 12.8. The number of halogens is 1. The van der Waals surface area contributed by atoms with E-state index in [0.717, 1.165) is 6.42 Å². The zero-order valence-electron chi connectivity index (χ0n) is 10.1. The van der Waals surface area contributed by atoms with E-state index in [1.54, 1.807) is 32.4 Å². The topological polar surface area (TPSA) is 47.6 Å². The van der Waals surface area contributed by atoms with Crippen molar-refractivity contribution in [3.63, 3.8) is 0 Å². The summed E-state index contributed by atoms with van der Waals surface area (Å²) in [6.45, 7) is 1.94. The van der Waals surface area contributed by atoms with Crippen molar-refractivity contribution in [2.75, 3.05) is 19.5 Å². The van der Waals surface area contributed by atoms with Crippen LogP contribution in [-0.2, 0) is 4.79 Å². The fraction of sp³-hybridized carbons (Fsp3) is 0.417. The molecule has 0 saturated heterocycles. The molecule has 0 unspecified atom stereocenters. The molecular weight excluding hydrogens is 286 g/mol. The van der Waals surface area contributed by atoms with Crippen LogP contribution in [0.3, 0.4) is 0 Å². The lowest BCUT2D eigenvalue weighted by molar-refractivity contribution is -0.115. The van der Waals surface area contributed by atoms with Crippen LogP contribution in [0.5, 0.6) is 11.5 Å². The number of nitrogens with one attached hydrogen (secondary N) is 1. The average molecular weight is 302 g/mol. The number of benzene rings is 1. The minimum Gasteiger partial charge on any atom is -0.493 e. The standard InChI is InChI=1S/C12H16BrNO3/c1-4-9(13)12(15)14-8-5-6-10(16-2)11(7-8)17-3/h5-7,9H,4H2,1-3H3,(H,14,15)/t9-/m0/s1. The summed E-state index contributed by atoms with van der Waals surface area (Å²) in [6.07, 6.45) is 0.735. The first-order chi connectivity index (χ1) is 8.12. The van der Waals surface area contributed by atoms with Gasteiger partial charge in [-0.2, -0.15) is 0 Å².